The van der Waals surface area contributed by atoms with Crippen molar-refractivity contribution in [2.75, 3.05) is 10.6 Å². The third-order valence-corrected chi connectivity index (χ3v) is 5.00. The van der Waals surface area contributed by atoms with Gasteiger partial charge >= 0.3 is 0 Å². The zero-order valence-electron chi connectivity index (χ0n) is 16.8. The summed E-state index contributed by atoms with van der Waals surface area (Å²) in [5.74, 6) is 0.614. The van der Waals surface area contributed by atoms with Gasteiger partial charge in [-0.25, -0.2) is 0 Å². The smallest absolute Gasteiger partial charge is 0.253 e. The fourth-order valence-electron chi connectivity index (χ4n) is 3.60. The van der Waals surface area contributed by atoms with Gasteiger partial charge in [0, 0.05) is 10.9 Å². The summed E-state index contributed by atoms with van der Waals surface area (Å²) in [6, 6.07) is 19.1. The second-order valence-corrected chi connectivity index (χ2v) is 8.01. The van der Waals surface area contributed by atoms with Crippen LogP contribution in [-0.4, -0.2) is 5.54 Å². The minimum Gasteiger partial charge on any atom is -0.459 e. The molecule has 0 saturated carbocycles. The number of anilines is 2. The van der Waals surface area contributed by atoms with E-state index in [1.165, 1.54) is 0 Å². The van der Waals surface area contributed by atoms with Crippen LogP contribution in [0.4, 0.5) is 11.4 Å². The van der Waals surface area contributed by atoms with Crippen molar-refractivity contribution < 1.29 is 4.42 Å². The standard InChI is InChI=1S/C24H21N3O3/c1-24(2,12-15-6-4-3-5-7-15)27-21-20(22(28)23(21)29)26-14-18-11-17-10-16(13-25)8-9-19(17)30-18/h3-11,26-27H,12,14H2,1-2H3. The summed E-state index contributed by atoms with van der Waals surface area (Å²) < 4.78 is 5.75. The first-order chi connectivity index (χ1) is 14.4. The molecular formula is C24H21N3O3. The summed E-state index contributed by atoms with van der Waals surface area (Å²) in [6.07, 6.45) is 0.705. The van der Waals surface area contributed by atoms with Crippen LogP contribution in [0.15, 0.2) is 68.6 Å². The van der Waals surface area contributed by atoms with E-state index in [4.69, 9.17) is 9.68 Å². The largest absolute Gasteiger partial charge is 0.459 e. The summed E-state index contributed by atoms with van der Waals surface area (Å²) in [6.45, 7) is 4.24. The predicted molar refractivity (Wildman–Crippen MR) is 117 cm³/mol. The SMILES string of the molecule is CC(C)(Cc1ccccc1)Nc1c(NCc2cc3cc(C#N)ccc3o2)c(=O)c1=O. The summed E-state index contributed by atoms with van der Waals surface area (Å²) in [5.41, 5.74) is 1.49. The quantitative estimate of drug-likeness (QED) is 0.457. The van der Waals surface area contributed by atoms with Crippen molar-refractivity contribution in [3.8, 4) is 6.07 Å². The molecule has 30 heavy (non-hydrogen) atoms. The highest BCUT2D eigenvalue weighted by Crippen LogP contribution is 2.25. The molecule has 0 bridgehead atoms. The number of benzene rings is 2. The molecular weight excluding hydrogens is 378 g/mol. The van der Waals surface area contributed by atoms with Crippen molar-refractivity contribution in [2.24, 2.45) is 0 Å². The highest BCUT2D eigenvalue weighted by molar-refractivity contribution is 5.80. The lowest BCUT2D eigenvalue weighted by atomic mass is 9.94. The van der Waals surface area contributed by atoms with Gasteiger partial charge in [0.2, 0.25) is 0 Å². The molecule has 6 heteroatoms. The van der Waals surface area contributed by atoms with Crippen molar-refractivity contribution >= 4 is 22.3 Å². The zero-order chi connectivity index (χ0) is 21.3. The summed E-state index contributed by atoms with van der Waals surface area (Å²) in [7, 11) is 0. The van der Waals surface area contributed by atoms with E-state index in [9.17, 15) is 9.59 Å². The third-order valence-electron chi connectivity index (χ3n) is 5.00. The Morgan fingerprint density at radius 2 is 1.73 bits per heavy atom. The summed E-state index contributed by atoms with van der Waals surface area (Å²) >= 11 is 0. The molecule has 0 aliphatic carbocycles. The summed E-state index contributed by atoms with van der Waals surface area (Å²) in [5, 5.41) is 16.1. The van der Waals surface area contributed by atoms with Gasteiger partial charge in [0.05, 0.1) is 18.2 Å². The van der Waals surface area contributed by atoms with Gasteiger partial charge in [0.15, 0.2) is 0 Å². The predicted octanol–water partition coefficient (Wildman–Crippen LogP) is 3.95. The van der Waals surface area contributed by atoms with E-state index in [1.807, 2.05) is 50.2 Å². The van der Waals surface area contributed by atoms with Gasteiger partial charge in [0.1, 0.15) is 22.7 Å². The Labute approximate surface area is 173 Å². The first-order valence-corrected chi connectivity index (χ1v) is 9.68. The van der Waals surface area contributed by atoms with Gasteiger partial charge in [-0.1, -0.05) is 30.3 Å². The molecule has 0 spiro atoms. The average molecular weight is 399 g/mol. The van der Waals surface area contributed by atoms with Crippen LogP contribution in [-0.2, 0) is 13.0 Å². The lowest BCUT2D eigenvalue weighted by Crippen LogP contribution is -2.43. The van der Waals surface area contributed by atoms with E-state index in [-0.39, 0.29) is 12.2 Å². The number of nitriles is 1. The Kier molecular flexibility index (Phi) is 4.88. The minimum absolute atomic E-state index is 0.259. The molecule has 0 amide bonds. The van der Waals surface area contributed by atoms with E-state index >= 15 is 0 Å². The maximum atomic E-state index is 12.2. The van der Waals surface area contributed by atoms with Crippen molar-refractivity contribution in [3.05, 3.63) is 91.9 Å². The number of rotatable bonds is 7. The number of hydrogen-bond donors (Lipinski definition) is 2. The van der Waals surface area contributed by atoms with Crippen LogP contribution >= 0.6 is 0 Å². The van der Waals surface area contributed by atoms with Gasteiger partial charge in [-0.2, -0.15) is 5.26 Å². The lowest BCUT2D eigenvalue weighted by molar-refractivity contribution is 0.557. The van der Waals surface area contributed by atoms with Crippen LogP contribution in [0.1, 0.15) is 30.7 Å². The van der Waals surface area contributed by atoms with Crippen LogP contribution < -0.4 is 21.5 Å². The molecule has 2 N–H and O–H groups in total. The molecule has 1 aromatic heterocycles. The Balaban J connectivity index is 1.48. The van der Waals surface area contributed by atoms with Gasteiger partial charge in [-0.15, -0.1) is 0 Å². The topological polar surface area (TPSA) is 95.1 Å². The van der Waals surface area contributed by atoms with E-state index in [1.54, 1.807) is 18.2 Å². The Hall–Kier alpha value is -3.85. The van der Waals surface area contributed by atoms with E-state index < -0.39 is 16.4 Å². The fraction of sp³-hybridized carbons (Fsp3) is 0.208. The van der Waals surface area contributed by atoms with Crippen molar-refractivity contribution in [2.45, 2.75) is 32.4 Å². The molecule has 0 saturated heterocycles. The van der Waals surface area contributed by atoms with Crippen LogP contribution in [0.3, 0.4) is 0 Å². The van der Waals surface area contributed by atoms with Gasteiger partial charge in [-0.3, -0.25) is 9.59 Å². The Morgan fingerprint density at radius 1 is 1.00 bits per heavy atom. The fourth-order valence-corrected chi connectivity index (χ4v) is 3.60. The van der Waals surface area contributed by atoms with E-state index in [0.717, 1.165) is 10.9 Å². The molecule has 0 unspecified atom stereocenters. The van der Waals surface area contributed by atoms with Crippen LogP contribution in [0.2, 0.25) is 0 Å². The van der Waals surface area contributed by atoms with Crippen LogP contribution in [0, 0.1) is 11.3 Å². The van der Waals surface area contributed by atoms with Crippen LogP contribution in [0.5, 0.6) is 0 Å². The molecule has 0 atom stereocenters. The maximum Gasteiger partial charge on any atom is 0.253 e. The van der Waals surface area contributed by atoms with Gasteiger partial charge in [-0.05, 0) is 50.1 Å². The first kappa shape index (κ1) is 19.5. The number of nitrogens with zero attached hydrogens (tertiary/aromatic N) is 1. The molecule has 0 aliphatic rings. The van der Waals surface area contributed by atoms with Crippen molar-refractivity contribution in [1.82, 2.24) is 0 Å². The first-order valence-electron chi connectivity index (χ1n) is 9.68. The number of nitrogens with one attached hydrogen (secondary N) is 2. The molecule has 0 radical (unpaired) electrons. The normalized spacial score (nSPS) is 11.5. The van der Waals surface area contributed by atoms with Crippen LogP contribution in [0.25, 0.3) is 11.0 Å². The molecule has 0 aliphatic heterocycles. The third kappa shape index (κ3) is 3.83. The molecule has 3 aromatic carbocycles. The van der Waals surface area contributed by atoms with Crippen molar-refractivity contribution in [1.29, 1.82) is 5.26 Å². The Morgan fingerprint density at radius 3 is 2.47 bits per heavy atom. The highest BCUT2D eigenvalue weighted by atomic mass is 16.3. The molecule has 6 nitrogen and oxygen atoms in total. The number of fused-ring (bicyclic) bond motifs is 1. The van der Waals surface area contributed by atoms with E-state index in [2.05, 4.69) is 16.7 Å². The van der Waals surface area contributed by atoms with E-state index in [0.29, 0.717) is 29.0 Å². The molecule has 1 heterocycles. The molecule has 4 aromatic rings. The van der Waals surface area contributed by atoms with Gasteiger partial charge in [0.25, 0.3) is 10.9 Å². The second kappa shape index (κ2) is 7.53. The zero-order valence-corrected chi connectivity index (χ0v) is 16.8. The van der Waals surface area contributed by atoms with Crippen molar-refractivity contribution in [3.63, 3.8) is 0 Å². The molecule has 150 valence electrons. The van der Waals surface area contributed by atoms with Gasteiger partial charge < -0.3 is 15.1 Å². The maximum absolute atomic E-state index is 12.2. The highest BCUT2D eigenvalue weighted by Gasteiger charge is 2.27. The number of furan rings is 1. The monoisotopic (exact) mass is 399 g/mol. The second-order valence-electron chi connectivity index (χ2n) is 8.01. The molecule has 4 rings (SSSR count). The summed E-state index contributed by atoms with van der Waals surface area (Å²) in [4.78, 5) is 24.3. The minimum atomic E-state index is -0.532. The molecule has 0 fully saturated rings. The Bertz CT molecular complexity index is 1320. The lowest BCUT2D eigenvalue weighted by Gasteiger charge is -2.29. The number of hydrogen-bond acceptors (Lipinski definition) is 6. The average Bonchev–Trinajstić information content (AvgIpc) is 3.14.